The first-order valence-corrected chi connectivity index (χ1v) is 5.18. The van der Waals surface area contributed by atoms with E-state index in [1.807, 2.05) is 0 Å². The van der Waals surface area contributed by atoms with Crippen molar-refractivity contribution in [1.82, 2.24) is 4.98 Å². The van der Waals surface area contributed by atoms with Crippen LogP contribution in [-0.4, -0.2) is 24.2 Å². The van der Waals surface area contributed by atoms with Gasteiger partial charge in [0.15, 0.2) is 0 Å². The molecule has 0 atom stereocenters. The van der Waals surface area contributed by atoms with Gasteiger partial charge in [-0.3, -0.25) is 5.73 Å². The first-order valence-electron chi connectivity index (χ1n) is 2.99. The molecule has 13 heavy (non-hydrogen) atoms. The SMILES string of the molecule is CS(=O)(=O)[O-].Nc1[nH+]ccnc1Cl. The van der Waals surface area contributed by atoms with Crippen LogP contribution in [0.1, 0.15) is 0 Å². The Hall–Kier alpha value is -0.920. The van der Waals surface area contributed by atoms with Crippen LogP contribution in [0.3, 0.4) is 0 Å². The predicted octanol–water partition coefficient (Wildman–Crippen LogP) is -0.707. The van der Waals surface area contributed by atoms with Crippen molar-refractivity contribution in [2.24, 2.45) is 0 Å². The van der Waals surface area contributed by atoms with Crippen molar-refractivity contribution in [3.63, 3.8) is 0 Å². The van der Waals surface area contributed by atoms with E-state index in [0.717, 1.165) is 0 Å². The Balaban J connectivity index is 0.000000252. The summed E-state index contributed by atoms with van der Waals surface area (Å²) in [6, 6.07) is 0. The molecule has 1 aromatic heterocycles. The standard InChI is InChI=1S/C4H4ClN3.CH4O3S/c5-3-4(6)8-2-1-7-3;1-5(2,3)4/h1-2H,(H2,6,8);1H3,(H,2,3,4). The first kappa shape index (κ1) is 12.1. The van der Waals surface area contributed by atoms with Crippen LogP contribution in [0.25, 0.3) is 0 Å². The second-order valence-electron chi connectivity index (χ2n) is 2.00. The molecule has 0 radical (unpaired) electrons. The Kier molecular flexibility index (Phi) is 4.60. The number of nitrogens with two attached hydrogens (primary N) is 1. The van der Waals surface area contributed by atoms with Crippen molar-refractivity contribution in [2.45, 2.75) is 0 Å². The molecular formula is C5H8ClN3O3S. The molecular weight excluding hydrogens is 218 g/mol. The minimum atomic E-state index is -3.92. The molecule has 1 rings (SSSR count). The molecule has 8 heteroatoms. The van der Waals surface area contributed by atoms with E-state index in [2.05, 4.69) is 9.97 Å². The van der Waals surface area contributed by atoms with E-state index < -0.39 is 10.1 Å². The normalized spacial score (nSPS) is 10.1. The molecule has 0 aliphatic heterocycles. The van der Waals surface area contributed by atoms with Crippen LogP contribution in [0.2, 0.25) is 5.15 Å². The summed E-state index contributed by atoms with van der Waals surface area (Å²) in [7, 11) is -3.92. The Morgan fingerprint density at radius 3 is 2.38 bits per heavy atom. The Morgan fingerprint density at radius 1 is 1.69 bits per heavy atom. The van der Waals surface area contributed by atoms with E-state index in [1.54, 1.807) is 12.4 Å². The van der Waals surface area contributed by atoms with Crippen molar-refractivity contribution in [1.29, 1.82) is 0 Å². The first-order chi connectivity index (χ1) is 5.80. The number of aromatic amines is 1. The van der Waals surface area contributed by atoms with Gasteiger partial charge >= 0.3 is 5.82 Å². The predicted molar refractivity (Wildman–Crippen MR) is 45.8 cm³/mol. The lowest BCUT2D eigenvalue weighted by Gasteiger charge is -1.90. The lowest BCUT2D eigenvalue weighted by atomic mass is 10.7. The summed E-state index contributed by atoms with van der Waals surface area (Å²) in [6.07, 6.45) is 3.76. The highest BCUT2D eigenvalue weighted by atomic mass is 35.5. The number of H-pyrrole nitrogens is 1. The number of hydrogen-bond donors (Lipinski definition) is 1. The summed E-state index contributed by atoms with van der Waals surface area (Å²) < 4.78 is 27.2. The van der Waals surface area contributed by atoms with E-state index in [9.17, 15) is 0 Å². The number of nitrogens with one attached hydrogen (secondary N) is 1. The van der Waals surface area contributed by atoms with Crippen LogP contribution in [0.5, 0.6) is 0 Å². The lowest BCUT2D eigenvalue weighted by Crippen LogP contribution is -2.09. The number of halogens is 1. The summed E-state index contributed by atoms with van der Waals surface area (Å²) in [5.41, 5.74) is 5.27. The third kappa shape index (κ3) is 8.99. The van der Waals surface area contributed by atoms with Gasteiger partial charge in [0.05, 0.1) is 16.3 Å². The van der Waals surface area contributed by atoms with Gasteiger partial charge in [-0.05, 0) is 0 Å². The quantitative estimate of drug-likeness (QED) is 0.587. The van der Waals surface area contributed by atoms with Gasteiger partial charge in [-0.25, -0.2) is 18.4 Å². The fourth-order valence-electron chi connectivity index (χ4n) is 0.359. The maximum Gasteiger partial charge on any atom is 0.308 e. The van der Waals surface area contributed by atoms with Gasteiger partial charge in [0, 0.05) is 6.26 Å². The van der Waals surface area contributed by atoms with Gasteiger partial charge in [0.2, 0.25) is 5.15 Å². The molecule has 0 aromatic carbocycles. The van der Waals surface area contributed by atoms with Crippen molar-refractivity contribution < 1.29 is 18.0 Å². The van der Waals surface area contributed by atoms with Gasteiger partial charge in [-0.2, -0.15) is 0 Å². The van der Waals surface area contributed by atoms with E-state index in [4.69, 9.17) is 30.3 Å². The van der Waals surface area contributed by atoms with Gasteiger partial charge in [-0.1, -0.05) is 11.6 Å². The Labute approximate surface area is 80.5 Å². The third-order valence-corrected chi connectivity index (χ3v) is 1.02. The molecule has 6 nitrogen and oxygen atoms in total. The second kappa shape index (κ2) is 4.95. The van der Waals surface area contributed by atoms with Crippen molar-refractivity contribution >= 4 is 27.5 Å². The van der Waals surface area contributed by atoms with Crippen molar-refractivity contribution in [3.8, 4) is 0 Å². The van der Waals surface area contributed by atoms with Crippen molar-refractivity contribution in [3.05, 3.63) is 17.5 Å². The van der Waals surface area contributed by atoms with E-state index in [-0.39, 0.29) is 0 Å². The summed E-state index contributed by atoms with van der Waals surface area (Å²) in [4.78, 5) is 6.37. The second-order valence-corrected chi connectivity index (χ2v) is 3.76. The van der Waals surface area contributed by atoms with E-state index in [0.29, 0.717) is 17.2 Å². The van der Waals surface area contributed by atoms with Crippen LogP contribution in [0.15, 0.2) is 12.4 Å². The topological polar surface area (TPSA) is 110 Å². The molecule has 0 spiro atoms. The zero-order valence-corrected chi connectivity index (χ0v) is 8.26. The molecule has 74 valence electrons. The minimum absolute atomic E-state index is 0.313. The molecule has 1 aromatic rings. The highest BCUT2D eigenvalue weighted by Gasteiger charge is 1.97. The number of aromatic nitrogens is 2. The largest absolute Gasteiger partial charge is 0.748 e. The number of nitrogen functional groups attached to an aromatic ring is 1. The Morgan fingerprint density at radius 2 is 2.15 bits per heavy atom. The summed E-state index contributed by atoms with van der Waals surface area (Å²) in [6.45, 7) is 0. The molecule has 0 amide bonds. The molecule has 0 fully saturated rings. The number of rotatable bonds is 0. The van der Waals surface area contributed by atoms with Gasteiger partial charge in [0.25, 0.3) is 0 Å². The zero-order valence-electron chi connectivity index (χ0n) is 6.69. The molecule has 1 heterocycles. The molecule has 0 aliphatic carbocycles. The third-order valence-electron chi connectivity index (χ3n) is 0.724. The van der Waals surface area contributed by atoms with Crippen LogP contribution in [0.4, 0.5) is 5.82 Å². The highest BCUT2D eigenvalue weighted by molar-refractivity contribution is 7.84. The summed E-state index contributed by atoms with van der Waals surface area (Å²) >= 11 is 5.44. The molecule has 0 aliphatic rings. The average molecular weight is 226 g/mol. The fourth-order valence-corrected chi connectivity index (χ4v) is 0.470. The highest BCUT2D eigenvalue weighted by Crippen LogP contribution is 2.04. The summed E-state index contributed by atoms with van der Waals surface area (Å²) in [5, 5.41) is 0.313. The van der Waals surface area contributed by atoms with Crippen LogP contribution in [0, 0.1) is 0 Å². The number of anilines is 1. The van der Waals surface area contributed by atoms with Gasteiger partial charge in [-0.15, -0.1) is 0 Å². The van der Waals surface area contributed by atoms with Crippen LogP contribution >= 0.6 is 11.6 Å². The molecule has 0 saturated heterocycles. The van der Waals surface area contributed by atoms with E-state index >= 15 is 0 Å². The maximum absolute atomic E-state index is 9.08. The molecule has 0 bridgehead atoms. The number of nitrogens with zero attached hydrogens (tertiary/aromatic N) is 1. The summed E-state index contributed by atoms with van der Waals surface area (Å²) in [5.74, 6) is 0.397. The minimum Gasteiger partial charge on any atom is -0.748 e. The smallest absolute Gasteiger partial charge is 0.308 e. The molecule has 0 unspecified atom stereocenters. The number of hydrogen-bond acceptors (Lipinski definition) is 5. The monoisotopic (exact) mass is 225 g/mol. The van der Waals surface area contributed by atoms with Gasteiger partial charge < -0.3 is 4.55 Å². The van der Waals surface area contributed by atoms with Crippen LogP contribution in [-0.2, 0) is 10.1 Å². The Bertz CT molecular complexity index is 338. The van der Waals surface area contributed by atoms with E-state index in [1.165, 1.54) is 0 Å². The average Bonchev–Trinajstić information content (AvgIpc) is 1.92. The van der Waals surface area contributed by atoms with Gasteiger partial charge in [0.1, 0.15) is 6.20 Å². The molecule has 0 saturated carbocycles. The zero-order chi connectivity index (χ0) is 10.5. The molecule has 3 N–H and O–H groups in total. The lowest BCUT2D eigenvalue weighted by molar-refractivity contribution is -0.361. The van der Waals surface area contributed by atoms with Crippen molar-refractivity contribution in [2.75, 3.05) is 12.0 Å². The van der Waals surface area contributed by atoms with Crippen LogP contribution < -0.4 is 10.7 Å². The fraction of sp³-hybridized carbons (Fsp3) is 0.200. The maximum atomic E-state index is 9.08.